The van der Waals surface area contributed by atoms with Gasteiger partial charge in [0.05, 0.1) is 13.0 Å². The van der Waals surface area contributed by atoms with Gasteiger partial charge in [-0.15, -0.1) is 11.3 Å². The molecule has 18 heavy (non-hydrogen) atoms. The van der Waals surface area contributed by atoms with Crippen molar-refractivity contribution in [2.75, 3.05) is 6.54 Å². The molecule has 0 radical (unpaired) electrons. The molecule has 2 N–H and O–H groups in total. The van der Waals surface area contributed by atoms with Gasteiger partial charge < -0.3 is 15.3 Å². The van der Waals surface area contributed by atoms with Crippen LogP contribution in [0.25, 0.3) is 0 Å². The maximum Gasteiger partial charge on any atom is 0.318 e. The van der Waals surface area contributed by atoms with Crippen LogP contribution in [0.15, 0.2) is 11.6 Å². The summed E-state index contributed by atoms with van der Waals surface area (Å²) in [5.74, 6) is -0.861. The fourth-order valence-electron chi connectivity index (χ4n) is 2.11. The molecule has 1 fully saturated rings. The van der Waals surface area contributed by atoms with Gasteiger partial charge in [-0.1, -0.05) is 0 Å². The van der Waals surface area contributed by atoms with Gasteiger partial charge in [-0.25, -0.2) is 9.78 Å². The number of rotatable bonds is 4. The number of carboxylic acid groups (broad SMARTS) is 1. The molecule has 0 spiro atoms. The number of hydrogen-bond donors (Lipinski definition) is 2. The van der Waals surface area contributed by atoms with E-state index in [2.05, 4.69) is 10.3 Å². The van der Waals surface area contributed by atoms with E-state index in [0.29, 0.717) is 13.1 Å². The van der Waals surface area contributed by atoms with Crippen LogP contribution in [-0.4, -0.2) is 39.6 Å². The predicted octanol–water partition coefficient (Wildman–Crippen LogP) is 1.29. The molecule has 1 aliphatic rings. The summed E-state index contributed by atoms with van der Waals surface area (Å²) in [5, 5.41) is 14.3. The van der Waals surface area contributed by atoms with Gasteiger partial charge in [0, 0.05) is 24.2 Å². The Hall–Kier alpha value is -1.63. The van der Waals surface area contributed by atoms with E-state index >= 15 is 0 Å². The number of carboxylic acids is 1. The average molecular weight is 269 g/mol. The predicted molar refractivity (Wildman–Crippen MR) is 66.3 cm³/mol. The number of aliphatic carboxylic acids is 1. The van der Waals surface area contributed by atoms with Crippen molar-refractivity contribution in [1.29, 1.82) is 0 Å². The van der Waals surface area contributed by atoms with Gasteiger partial charge >= 0.3 is 12.0 Å². The Bertz CT molecular complexity index is 421. The molecule has 2 rings (SSSR count). The summed E-state index contributed by atoms with van der Waals surface area (Å²) in [7, 11) is 0. The molecule has 1 aliphatic heterocycles. The quantitative estimate of drug-likeness (QED) is 0.863. The molecule has 0 aromatic carbocycles. The molecule has 1 unspecified atom stereocenters. The van der Waals surface area contributed by atoms with Crippen molar-refractivity contribution < 1.29 is 14.7 Å². The second-order valence-corrected chi connectivity index (χ2v) is 5.15. The summed E-state index contributed by atoms with van der Waals surface area (Å²) in [5.41, 5.74) is 0. The van der Waals surface area contributed by atoms with Gasteiger partial charge in [-0.2, -0.15) is 0 Å². The van der Waals surface area contributed by atoms with Crippen molar-refractivity contribution in [3.63, 3.8) is 0 Å². The van der Waals surface area contributed by atoms with E-state index in [1.807, 2.05) is 5.38 Å². The maximum atomic E-state index is 11.9. The summed E-state index contributed by atoms with van der Waals surface area (Å²) in [6.07, 6.45) is 3.33. The van der Waals surface area contributed by atoms with Crippen LogP contribution in [0, 0.1) is 0 Å². The average Bonchev–Trinajstić information content (AvgIpc) is 2.95. The number of aromatic nitrogens is 1. The van der Waals surface area contributed by atoms with Gasteiger partial charge in [0.25, 0.3) is 0 Å². The smallest absolute Gasteiger partial charge is 0.318 e. The van der Waals surface area contributed by atoms with Crippen molar-refractivity contribution in [3.05, 3.63) is 16.6 Å². The summed E-state index contributed by atoms with van der Waals surface area (Å²) < 4.78 is 0. The van der Waals surface area contributed by atoms with Gasteiger partial charge in [0.1, 0.15) is 5.01 Å². The molecule has 2 heterocycles. The molecular weight excluding hydrogens is 254 g/mol. The molecule has 0 aliphatic carbocycles. The molecule has 2 amide bonds. The summed E-state index contributed by atoms with van der Waals surface area (Å²) in [6, 6.07) is -0.382. The second kappa shape index (κ2) is 5.81. The maximum absolute atomic E-state index is 11.9. The molecular formula is C11H15N3O3S. The van der Waals surface area contributed by atoms with Crippen LogP contribution >= 0.6 is 11.3 Å². The topological polar surface area (TPSA) is 82.5 Å². The van der Waals surface area contributed by atoms with Crippen molar-refractivity contribution in [2.24, 2.45) is 0 Å². The minimum atomic E-state index is -0.861. The van der Waals surface area contributed by atoms with E-state index in [1.165, 1.54) is 11.3 Å². The Kier molecular flexibility index (Phi) is 4.14. The number of carbonyl (C=O) groups is 2. The zero-order chi connectivity index (χ0) is 13.0. The van der Waals surface area contributed by atoms with Crippen molar-refractivity contribution in [3.8, 4) is 0 Å². The first-order valence-corrected chi connectivity index (χ1v) is 6.69. The lowest BCUT2D eigenvalue weighted by molar-refractivity contribution is -0.137. The molecule has 1 aromatic rings. The Morgan fingerprint density at radius 1 is 1.61 bits per heavy atom. The van der Waals surface area contributed by atoms with Crippen LogP contribution in [-0.2, 0) is 11.3 Å². The van der Waals surface area contributed by atoms with Gasteiger partial charge in [-0.3, -0.25) is 4.79 Å². The first-order valence-electron chi connectivity index (χ1n) is 5.81. The van der Waals surface area contributed by atoms with E-state index in [4.69, 9.17) is 5.11 Å². The zero-order valence-corrected chi connectivity index (χ0v) is 10.7. The summed E-state index contributed by atoms with van der Waals surface area (Å²) in [6.45, 7) is 1.02. The van der Waals surface area contributed by atoms with Crippen LogP contribution in [0.4, 0.5) is 4.79 Å². The first kappa shape index (κ1) is 12.8. The number of nitrogens with one attached hydrogen (secondary N) is 1. The Morgan fingerprint density at radius 3 is 3.11 bits per heavy atom. The lowest BCUT2D eigenvalue weighted by atomic mass is 10.1. The third kappa shape index (κ3) is 3.19. The van der Waals surface area contributed by atoms with Crippen LogP contribution in [0.5, 0.6) is 0 Å². The Balaban J connectivity index is 1.85. The minimum absolute atomic E-state index is 0.0185. The van der Waals surface area contributed by atoms with E-state index in [9.17, 15) is 9.59 Å². The summed E-state index contributed by atoms with van der Waals surface area (Å²) >= 11 is 1.48. The van der Waals surface area contributed by atoms with Crippen molar-refractivity contribution in [1.82, 2.24) is 15.2 Å². The second-order valence-electron chi connectivity index (χ2n) is 4.17. The highest BCUT2D eigenvalue weighted by molar-refractivity contribution is 7.09. The van der Waals surface area contributed by atoms with Crippen LogP contribution in [0.1, 0.15) is 24.3 Å². The first-order chi connectivity index (χ1) is 8.66. The van der Waals surface area contributed by atoms with Crippen molar-refractivity contribution >= 4 is 23.3 Å². The number of hydrogen-bond acceptors (Lipinski definition) is 4. The van der Waals surface area contributed by atoms with Gasteiger partial charge in [0.15, 0.2) is 0 Å². The molecule has 0 bridgehead atoms. The number of nitrogens with zero attached hydrogens (tertiary/aromatic N) is 2. The van der Waals surface area contributed by atoms with Crippen LogP contribution in [0.2, 0.25) is 0 Å². The zero-order valence-electron chi connectivity index (χ0n) is 9.83. The van der Waals surface area contributed by atoms with E-state index in [-0.39, 0.29) is 18.5 Å². The molecule has 6 nitrogen and oxygen atoms in total. The number of amides is 2. The standard InChI is InChI=1S/C11H15N3O3S/c15-10(16)6-8-2-1-4-14(8)11(17)13-7-9-12-3-5-18-9/h3,5,8H,1-2,4,6-7H2,(H,13,17)(H,15,16). The van der Waals surface area contributed by atoms with E-state index < -0.39 is 5.97 Å². The number of thiazole rings is 1. The molecule has 1 aromatic heterocycles. The highest BCUT2D eigenvalue weighted by atomic mass is 32.1. The van der Waals surface area contributed by atoms with Crippen LogP contribution in [0.3, 0.4) is 0 Å². The lowest BCUT2D eigenvalue weighted by Crippen LogP contribution is -2.43. The minimum Gasteiger partial charge on any atom is -0.481 e. The lowest BCUT2D eigenvalue weighted by Gasteiger charge is -2.23. The molecule has 98 valence electrons. The molecule has 7 heteroatoms. The monoisotopic (exact) mass is 269 g/mol. The van der Waals surface area contributed by atoms with E-state index in [0.717, 1.165) is 17.8 Å². The summed E-state index contributed by atoms with van der Waals surface area (Å²) in [4.78, 5) is 28.3. The number of likely N-dealkylation sites (tertiary alicyclic amines) is 1. The normalized spacial score (nSPS) is 18.9. The molecule has 1 atom stereocenters. The fraction of sp³-hybridized carbons (Fsp3) is 0.545. The number of carbonyl (C=O) groups excluding carboxylic acids is 1. The third-order valence-corrected chi connectivity index (χ3v) is 3.70. The van der Waals surface area contributed by atoms with Crippen molar-refractivity contribution in [2.45, 2.75) is 31.8 Å². The fourth-order valence-corrected chi connectivity index (χ4v) is 2.67. The van der Waals surface area contributed by atoms with Gasteiger partial charge in [-0.05, 0) is 12.8 Å². The van der Waals surface area contributed by atoms with Gasteiger partial charge in [0.2, 0.25) is 0 Å². The number of urea groups is 1. The molecule has 1 saturated heterocycles. The highest BCUT2D eigenvalue weighted by Crippen LogP contribution is 2.20. The largest absolute Gasteiger partial charge is 0.481 e. The Labute approximate surface area is 109 Å². The molecule has 0 saturated carbocycles. The third-order valence-electron chi connectivity index (χ3n) is 2.92. The van der Waals surface area contributed by atoms with Crippen LogP contribution < -0.4 is 5.32 Å². The highest BCUT2D eigenvalue weighted by Gasteiger charge is 2.30. The Morgan fingerprint density at radius 2 is 2.44 bits per heavy atom. The van der Waals surface area contributed by atoms with E-state index in [1.54, 1.807) is 11.1 Å². The SMILES string of the molecule is O=C(O)CC1CCCN1C(=O)NCc1nccs1.